The number of aromatic nitrogens is 4. The fourth-order valence-electron chi connectivity index (χ4n) is 3.94. The van der Waals surface area contributed by atoms with Crippen LogP contribution in [0.3, 0.4) is 0 Å². The van der Waals surface area contributed by atoms with Crippen molar-refractivity contribution in [2.75, 3.05) is 44.7 Å². The number of aliphatic hydroxyl groups excluding tert-OH is 1. The summed E-state index contributed by atoms with van der Waals surface area (Å²) in [6, 6.07) is -1.83. The van der Waals surface area contributed by atoms with E-state index >= 15 is 0 Å². The van der Waals surface area contributed by atoms with Gasteiger partial charge in [-0.15, -0.1) is 0 Å². The van der Waals surface area contributed by atoms with Crippen LogP contribution in [0.5, 0.6) is 5.75 Å². The molecule has 2 aromatic heterocycles. The molecule has 2 aliphatic rings. The minimum atomic E-state index is -4.53. The number of piperazine rings is 1. The lowest BCUT2D eigenvalue weighted by molar-refractivity contribution is -0.160. The lowest BCUT2D eigenvalue weighted by Crippen LogP contribution is -2.56. The summed E-state index contributed by atoms with van der Waals surface area (Å²) < 4.78 is 73.6. The van der Waals surface area contributed by atoms with Gasteiger partial charge in [0.2, 0.25) is 5.95 Å². The van der Waals surface area contributed by atoms with Gasteiger partial charge in [0.25, 0.3) is 6.43 Å². The average molecular weight is 477 g/mol. The monoisotopic (exact) mass is 477 g/mol. The zero-order chi connectivity index (χ0) is 23.8. The molecule has 2 N–H and O–H groups in total. The summed E-state index contributed by atoms with van der Waals surface area (Å²) in [4.78, 5) is 10.6. The van der Waals surface area contributed by atoms with Gasteiger partial charge >= 0.3 is 6.18 Å². The van der Waals surface area contributed by atoms with Gasteiger partial charge < -0.3 is 20.1 Å². The molecule has 2 aliphatic heterocycles. The van der Waals surface area contributed by atoms with Crippen molar-refractivity contribution in [2.24, 2.45) is 0 Å². The quantitative estimate of drug-likeness (QED) is 0.582. The third-order valence-electron chi connectivity index (χ3n) is 5.78. The Hall–Kier alpha value is -2.58. The van der Waals surface area contributed by atoms with E-state index in [1.807, 2.05) is 4.90 Å². The predicted molar refractivity (Wildman–Crippen MR) is 107 cm³/mol. The molecule has 0 spiro atoms. The molecule has 2 saturated heterocycles. The van der Waals surface area contributed by atoms with Crippen LogP contribution in [0.4, 0.5) is 27.9 Å². The van der Waals surface area contributed by atoms with E-state index in [2.05, 4.69) is 20.4 Å². The summed E-state index contributed by atoms with van der Waals surface area (Å²) in [6.45, 7) is 2.92. The second-order valence-corrected chi connectivity index (χ2v) is 7.85. The Labute approximate surface area is 186 Å². The van der Waals surface area contributed by atoms with E-state index in [0.717, 1.165) is 25.1 Å². The van der Waals surface area contributed by atoms with Gasteiger partial charge in [-0.2, -0.15) is 18.3 Å². The smallest absolute Gasteiger partial charge is 0.408 e. The largest absolute Gasteiger partial charge is 0.492 e. The summed E-state index contributed by atoms with van der Waals surface area (Å²) in [6.07, 6.45) is -5.78. The molecule has 2 aromatic rings. The van der Waals surface area contributed by atoms with E-state index in [-0.39, 0.29) is 36.5 Å². The maximum atomic E-state index is 13.7. The molecule has 0 bridgehead atoms. The zero-order valence-electron chi connectivity index (χ0n) is 17.8. The van der Waals surface area contributed by atoms with Crippen LogP contribution in [0.2, 0.25) is 0 Å². The number of anilines is 1. The highest BCUT2D eigenvalue weighted by molar-refractivity contribution is 5.68. The number of hydrogen-bond donors (Lipinski definition) is 2. The van der Waals surface area contributed by atoms with Gasteiger partial charge in [-0.1, -0.05) is 0 Å². The standard InChI is InChI=1S/C19H24F5N7O2/c1-33-16-14(11-8-26-30(9-11)10-13(32)29-6-3-25-4-7-29)27-18(28-15(16)17(20)21)31-5-2-12(31)19(22,23)24/h8-9,12-13,17,25,32H,2-7,10H2,1H3/t12-,13?/m1/s1. The highest BCUT2D eigenvalue weighted by Crippen LogP contribution is 2.41. The number of aliphatic hydroxyl groups is 1. The van der Waals surface area contributed by atoms with E-state index in [4.69, 9.17) is 4.74 Å². The summed E-state index contributed by atoms with van der Waals surface area (Å²) in [5, 5.41) is 17.8. The Balaban J connectivity index is 1.64. The Morgan fingerprint density at radius 2 is 1.94 bits per heavy atom. The van der Waals surface area contributed by atoms with Crippen molar-refractivity contribution in [3.05, 3.63) is 18.1 Å². The fourth-order valence-corrected chi connectivity index (χ4v) is 3.94. The first-order valence-electron chi connectivity index (χ1n) is 10.4. The zero-order valence-corrected chi connectivity index (χ0v) is 17.8. The van der Waals surface area contributed by atoms with Crippen molar-refractivity contribution in [3.63, 3.8) is 0 Å². The number of nitrogens with one attached hydrogen (secondary N) is 1. The van der Waals surface area contributed by atoms with Crippen LogP contribution >= 0.6 is 0 Å². The molecule has 33 heavy (non-hydrogen) atoms. The highest BCUT2D eigenvalue weighted by Gasteiger charge is 2.50. The Bertz CT molecular complexity index is 964. The van der Waals surface area contributed by atoms with E-state index in [1.165, 1.54) is 17.1 Å². The summed E-state index contributed by atoms with van der Waals surface area (Å²) in [5.41, 5.74) is -0.624. The molecule has 2 fully saturated rings. The minimum Gasteiger partial charge on any atom is -0.492 e. The van der Waals surface area contributed by atoms with Gasteiger partial charge in [0.05, 0.1) is 19.9 Å². The van der Waals surface area contributed by atoms with Crippen LogP contribution in [-0.4, -0.2) is 88.0 Å². The number of halogens is 5. The first kappa shape index (κ1) is 23.6. The number of ether oxygens (including phenoxy) is 1. The molecule has 14 heteroatoms. The van der Waals surface area contributed by atoms with Crippen LogP contribution in [0, 0.1) is 0 Å². The van der Waals surface area contributed by atoms with Gasteiger partial charge in [-0.3, -0.25) is 9.58 Å². The minimum absolute atomic E-state index is 0.00519. The SMILES string of the molecule is COc1c(-c2cnn(CC(O)N3CCNCC3)c2)nc(N2CC[C@@H]2C(F)(F)F)nc1C(F)F. The topological polar surface area (TPSA) is 91.6 Å². The Morgan fingerprint density at radius 1 is 1.21 bits per heavy atom. The first-order chi connectivity index (χ1) is 15.7. The molecule has 0 radical (unpaired) electrons. The van der Waals surface area contributed by atoms with Crippen LogP contribution in [0.25, 0.3) is 11.3 Å². The molecule has 4 heterocycles. The number of hydrogen-bond acceptors (Lipinski definition) is 8. The number of methoxy groups -OCH3 is 1. The predicted octanol–water partition coefficient (Wildman–Crippen LogP) is 1.65. The molecule has 1 unspecified atom stereocenters. The van der Waals surface area contributed by atoms with Gasteiger partial charge in [-0.05, 0) is 6.42 Å². The van der Waals surface area contributed by atoms with Crippen molar-refractivity contribution in [3.8, 4) is 17.0 Å². The Morgan fingerprint density at radius 3 is 2.52 bits per heavy atom. The van der Waals surface area contributed by atoms with E-state index in [1.54, 1.807) is 0 Å². The van der Waals surface area contributed by atoms with Crippen LogP contribution in [-0.2, 0) is 6.54 Å². The highest BCUT2D eigenvalue weighted by atomic mass is 19.4. The molecule has 9 nitrogen and oxygen atoms in total. The van der Waals surface area contributed by atoms with Crippen LogP contribution < -0.4 is 15.0 Å². The third-order valence-corrected chi connectivity index (χ3v) is 5.78. The molecule has 4 rings (SSSR count). The van der Waals surface area contributed by atoms with E-state index < -0.39 is 36.5 Å². The summed E-state index contributed by atoms with van der Waals surface area (Å²) >= 11 is 0. The Kier molecular flexibility index (Phi) is 6.68. The maximum absolute atomic E-state index is 13.7. The lowest BCUT2D eigenvalue weighted by Gasteiger charge is -2.41. The van der Waals surface area contributed by atoms with Gasteiger partial charge in [0, 0.05) is 44.5 Å². The molecular formula is C19H24F5N7O2. The van der Waals surface area contributed by atoms with Crippen LogP contribution in [0.1, 0.15) is 18.5 Å². The summed E-state index contributed by atoms with van der Waals surface area (Å²) in [5.74, 6) is -0.775. The van der Waals surface area contributed by atoms with Crippen molar-refractivity contribution in [1.29, 1.82) is 0 Å². The van der Waals surface area contributed by atoms with E-state index in [9.17, 15) is 27.1 Å². The first-order valence-corrected chi connectivity index (χ1v) is 10.4. The normalized spacial score (nSPS) is 20.7. The summed E-state index contributed by atoms with van der Waals surface area (Å²) in [7, 11) is 1.16. The lowest BCUT2D eigenvalue weighted by atomic mass is 10.0. The second-order valence-electron chi connectivity index (χ2n) is 7.85. The number of nitrogens with zero attached hydrogens (tertiary/aromatic N) is 6. The molecule has 182 valence electrons. The molecule has 0 aromatic carbocycles. The van der Waals surface area contributed by atoms with Gasteiger partial charge in [0.15, 0.2) is 11.4 Å². The molecule has 0 aliphatic carbocycles. The molecular weight excluding hydrogens is 453 g/mol. The maximum Gasteiger partial charge on any atom is 0.408 e. The molecule has 2 atom stereocenters. The van der Waals surface area contributed by atoms with Crippen molar-refractivity contribution in [1.82, 2.24) is 30.0 Å². The van der Waals surface area contributed by atoms with Crippen molar-refractivity contribution < 1.29 is 31.8 Å². The third kappa shape index (κ3) is 4.87. The fraction of sp³-hybridized carbons (Fsp3) is 0.632. The van der Waals surface area contributed by atoms with E-state index in [0.29, 0.717) is 13.1 Å². The van der Waals surface area contributed by atoms with Gasteiger partial charge in [0.1, 0.15) is 18.0 Å². The molecule has 0 amide bonds. The number of alkyl halides is 5. The van der Waals surface area contributed by atoms with Crippen molar-refractivity contribution in [2.45, 2.75) is 37.8 Å². The molecule has 0 saturated carbocycles. The average Bonchev–Trinajstić information content (AvgIpc) is 3.20. The second kappa shape index (κ2) is 9.35. The van der Waals surface area contributed by atoms with Crippen molar-refractivity contribution >= 4 is 5.95 Å². The van der Waals surface area contributed by atoms with Crippen LogP contribution in [0.15, 0.2) is 12.4 Å². The number of rotatable bonds is 7. The van der Waals surface area contributed by atoms with Gasteiger partial charge in [-0.25, -0.2) is 18.7 Å².